The fraction of sp³-hybridized carbons (Fsp3) is 0.280. The smallest absolute Gasteiger partial charge is 0.399 e. The second-order valence-electron chi connectivity index (χ2n) is 9.38. The maximum Gasteiger partial charge on any atom is 0.508 e. The van der Waals surface area contributed by atoms with Crippen LogP contribution in [0.4, 0.5) is 13.2 Å². The maximum absolute atomic E-state index is 13.2. The fourth-order valence-corrected chi connectivity index (χ4v) is 4.71. The van der Waals surface area contributed by atoms with Crippen LogP contribution < -0.4 is 9.65 Å². The van der Waals surface area contributed by atoms with Crippen LogP contribution in [0.15, 0.2) is 60.7 Å². The van der Waals surface area contributed by atoms with E-state index in [4.69, 9.17) is 13.5 Å². The summed E-state index contributed by atoms with van der Waals surface area (Å²) < 4.78 is 68.7. The van der Waals surface area contributed by atoms with E-state index in [2.05, 4.69) is 0 Å². The molecular weight excluding hydrogens is 464 g/mol. The van der Waals surface area contributed by atoms with Gasteiger partial charge in [0.1, 0.15) is 5.75 Å². The minimum atomic E-state index is -5.03. The lowest BCUT2D eigenvalue weighted by Gasteiger charge is -2.32. The molecule has 4 nitrogen and oxygen atoms in total. The number of alkyl halides is 3. The number of rotatable bonds is 3. The van der Waals surface area contributed by atoms with Crippen molar-refractivity contribution in [2.75, 3.05) is 0 Å². The average Bonchev–Trinajstić information content (AvgIpc) is 2.99. The van der Waals surface area contributed by atoms with E-state index in [1.54, 1.807) is 6.07 Å². The monoisotopic (exact) mass is 486 g/mol. The van der Waals surface area contributed by atoms with E-state index in [0.717, 1.165) is 26.9 Å². The van der Waals surface area contributed by atoms with Crippen LogP contribution in [0, 0.1) is 0 Å². The molecule has 1 unspecified atom stereocenters. The van der Waals surface area contributed by atoms with Crippen LogP contribution in [0.25, 0.3) is 32.3 Å². The molecule has 1 heterocycles. The SMILES string of the molecule is CC1(C)OB(c2cc3c4ccccc4c4ccccc4c3cc2OS(=O)C(F)(F)F)OC1(C)C. The molecule has 0 aromatic heterocycles. The number of hydrogen-bond acceptors (Lipinski definition) is 4. The van der Waals surface area contributed by atoms with Crippen molar-refractivity contribution in [1.29, 1.82) is 0 Å². The number of benzene rings is 4. The van der Waals surface area contributed by atoms with Gasteiger partial charge in [-0.25, -0.2) is 4.21 Å². The molecule has 4 aromatic carbocycles. The first-order valence-corrected chi connectivity index (χ1v) is 11.9. The molecule has 4 aromatic rings. The topological polar surface area (TPSA) is 44.8 Å². The molecule has 0 bridgehead atoms. The molecule has 1 saturated heterocycles. The van der Waals surface area contributed by atoms with Gasteiger partial charge in [-0.1, -0.05) is 54.6 Å². The summed E-state index contributed by atoms with van der Waals surface area (Å²) in [6, 6.07) is 18.7. The molecule has 5 rings (SSSR count). The van der Waals surface area contributed by atoms with Gasteiger partial charge in [0.25, 0.3) is 0 Å². The average molecular weight is 486 g/mol. The summed E-state index contributed by atoms with van der Waals surface area (Å²) >= 11 is -3.55. The highest BCUT2D eigenvalue weighted by molar-refractivity contribution is 7.81. The van der Waals surface area contributed by atoms with E-state index < -0.39 is 34.9 Å². The van der Waals surface area contributed by atoms with Crippen molar-refractivity contribution in [3.05, 3.63) is 60.7 Å². The van der Waals surface area contributed by atoms with Crippen molar-refractivity contribution in [2.45, 2.75) is 44.4 Å². The van der Waals surface area contributed by atoms with E-state index >= 15 is 0 Å². The van der Waals surface area contributed by atoms with Gasteiger partial charge in [0, 0.05) is 5.46 Å². The van der Waals surface area contributed by atoms with Gasteiger partial charge < -0.3 is 13.5 Å². The first kappa shape index (κ1) is 23.1. The largest absolute Gasteiger partial charge is 0.508 e. The lowest BCUT2D eigenvalue weighted by atomic mass is 9.76. The summed E-state index contributed by atoms with van der Waals surface area (Å²) in [5, 5.41) is 5.24. The second kappa shape index (κ2) is 7.70. The molecule has 0 saturated carbocycles. The molecule has 1 aliphatic rings. The molecule has 0 aliphatic carbocycles. The van der Waals surface area contributed by atoms with Gasteiger partial charge >= 0.3 is 23.7 Å². The van der Waals surface area contributed by atoms with Crippen molar-refractivity contribution < 1.29 is 30.9 Å². The van der Waals surface area contributed by atoms with Crippen molar-refractivity contribution >= 4 is 56.0 Å². The second-order valence-corrected chi connectivity index (χ2v) is 10.5. The molecule has 0 N–H and O–H groups in total. The molecule has 0 spiro atoms. The normalized spacial score (nSPS) is 18.6. The Balaban J connectivity index is 1.82. The van der Waals surface area contributed by atoms with Gasteiger partial charge in [-0.05, 0) is 66.1 Å². The third kappa shape index (κ3) is 3.66. The fourth-order valence-electron chi connectivity index (χ4n) is 4.30. The van der Waals surface area contributed by atoms with Crippen molar-refractivity contribution in [1.82, 2.24) is 0 Å². The summed E-state index contributed by atoms with van der Waals surface area (Å²) in [7, 11) is -1.00. The quantitative estimate of drug-likeness (QED) is 0.263. The zero-order valence-corrected chi connectivity index (χ0v) is 19.8. The molecule has 1 fully saturated rings. The Bertz CT molecular complexity index is 1450. The molecular formula is C25H22BF3O4S. The molecule has 0 radical (unpaired) electrons. The third-order valence-electron chi connectivity index (χ3n) is 6.74. The predicted octanol–water partition coefficient (Wildman–Crippen LogP) is 6.01. The summed E-state index contributed by atoms with van der Waals surface area (Å²) in [5.74, 6) is -0.193. The first-order valence-electron chi connectivity index (χ1n) is 10.8. The van der Waals surface area contributed by atoms with Crippen LogP contribution >= 0.6 is 0 Å². The Kier molecular flexibility index (Phi) is 5.24. The van der Waals surface area contributed by atoms with Crippen LogP contribution in [0.3, 0.4) is 0 Å². The Morgan fingerprint density at radius 3 is 1.62 bits per heavy atom. The lowest BCUT2D eigenvalue weighted by Crippen LogP contribution is -2.41. The van der Waals surface area contributed by atoms with Gasteiger partial charge in [-0.2, -0.15) is 13.2 Å². The third-order valence-corrected chi connectivity index (χ3v) is 7.45. The van der Waals surface area contributed by atoms with E-state index in [1.807, 2.05) is 76.2 Å². The highest BCUT2D eigenvalue weighted by atomic mass is 32.2. The zero-order chi connectivity index (χ0) is 24.5. The van der Waals surface area contributed by atoms with Crippen molar-refractivity contribution in [2.24, 2.45) is 0 Å². The predicted molar refractivity (Wildman–Crippen MR) is 130 cm³/mol. The molecule has 1 aliphatic heterocycles. The van der Waals surface area contributed by atoms with Crippen molar-refractivity contribution in [3.8, 4) is 5.75 Å². The van der Waals surface area contributed by atoms with Crippen LogP contribution in [0.1, 0.15) is 27.7 Å². The molecule has 0 amide bonds. The Labute approximate surface area is 197 Å². The van der Waals surface area contributed by atoms with Crippen LogP contribution in [-0.4, -0.2) is 28.0 Å². The maximum atomic E-state index is 13.2. The van der Waals surface area contributed by atoms with Gasteiger partial charge in [0.05, 0.1) is 11.2 Å². The van der Waals surface area contributed by atoms with Crippen molar-refractivity contribution in [3.63, 3.8) is 0 Å². The molecule has 9 heteroatoms. The van der Waals surface area contributed by atoms with Gasteiger partial charge in [-0.3, -0.25) is 0 Å². The van der Waals surface area contributed by atoms with Gasteiger partial charge in [0.2, 0.25) is 0 Å². The highest BCUT2D eigenvalue weighted by Gasteiger charge is 2.53. The summed E-state index contributed by atoms with van der Waals surface area (Å²) in [6.45, 7) is 7.41. The zero-order valence-electron chi connectivity index (χ0n) is 19.0. The number of halogens is 3. The van der Waals surface area contributed by atoms with Gasteiger partial charge in [-0.15, -0.1) is 0 Å². The standard InChI is InChI=1S/C25H22BF3O4S/c1-23(2)24(3,4)33-26(32-23)21-13-19-17-11-7-5-9-15(17)16-10-6-8-12-18(16)20(19)14-22(21)31-34(30)25(27,28)29/h5-14H,1-4H3. The molecule has 176 valence electrons. The highest BCUT2D eigenvalue weighted by Crippen LogP contribution is 2.40. The van der Waals surface area contributed by atoms with Crippen LogP contribution in [0.2, 0.25) is 0 Å². The summed E-state index contributed by atoms with van der Waals surface area (Å²) in [4.78, 5) is 0. The Hall–Kier alpha value is -2.62. The molecule has 34 heavy (non-hydrogen) atoms. The first-order chi connectivity index (χ1) is 15.9. The number of hydrogen-bond donors (Lipinski definition) is 0. The number of fused-ring (bicyclic) bond motifs is 6. The van der Waals surface area contributed by atoms with E-state index in [-0.39, 0.29) is 11.2 Å². The van der Waals surface area contributed by atoms with E-state index in [0.29, 0.717) is 5.39 Å². The minimum Gasteiger partial charge on any atom is -0.399 e. The lowest BCUT2D eigenvalue weighted by molar-refractivity contribution is -0.0437. The minimum absolute atomic E-state index is 0.193. The van der Waals surface area contributed by atoms with Crippen LogP contribution in [-0.2, 0) is 20.4 Å². The van der Waals surface area contributed by atoms with Crippen LogP contribution in [0.5, 0.6) is 5.75 Å². The van der Waals surface area contributed by atoms with E-state index in [1.165, 1.54) is 6.07 Å². The summed E-state index contributed by atoms with van der Waals surface area (Å²) in [6.07, 6.45) is 0. The van der Waals surface area contributed by atoms with E-state index in [9.17, 15) is 17.4 Å². The molecule has 1 atom stereocenters. The Morgan fingerprint density at radius 1 is 0.765 bits per heavy atom. The summed E-state index contributed by atoms with van der Waals surface area (Å²) in [5.41, 5.74) is -6.23. The Morgan fingerprint density at radius 2 is 1.18 bits per heavy atom. The van der Waals surface area contributed by atoms with Gasteiger partial charge in [0.15, 0.2) is 0 Å².